The summed E-state index contributed by atoms with van der Waals surface area (Å²) in [5, 5.41) is 11.8. The van der Waals surface area contributed by atoms with Gasteiger partial charge in [-0.05, 0) is 54.3 Å². The van der Waals surface area contributed by atoms with Gasteiger partial charge >= 0.3 is 0 Å². The van der Waals surface area contributed by atoms with Crippen LogP contribution in [-0.2, 0) is 4.79 Å². The van der Waals surface area contributed by atoms with Crippen LogP contribution in [0.1, 0.15) is 43.7 Å². The van der Waals surface area contributed by atoms with Gasteiger partial charge in [-0.3, -0.25) is 14.2 Å². The fourth-order valence-electron chi connectivity index (χ4n) is 4.59. The third-order valence-corrected chi connectivity index (χ3v) is 8.53. The largest absolute Gasteiger partial charge is 0.384 e. The Balaban J connectivity index is 2.13. The fraction of sp³-hybridized carbons (Fsp3) is 0.250. The van der Waals surface area contributed by atoms with Crippen LogP contribution in [0.15, 0.2) is 46.8 Å². The number of hydrogen-bond donors (Lipinski definition) is 1. The summed E-state index contributed by atoms with van der Waals surface area (Å²) < 4.78 is 1.87. The summed E-state index contributed by atoms with van der Waals surface area (Å²) in [4.78, 5) is 29.6. The third kappa shape index (κ3) is 5.63. The Morgan fingerprint density at radius 2 is 1.69 bits per heavy atom. The summed E-state index contributed by atoms with van der Waals surface area (Å²) in [6.45, 7) is 4.98. The number of amides is 1. The molecule has 0 saturated heterocycles. The lowest BCUT2D eigenvalue weighted by molar-refractivity contribution is -0.125. The number of allylic oxidation sites excluding steroid dienone is 1. The van der Waals surface area contributed by atoms with Gasteiger partial charge in [0, 0.05) is 33.2 Å². The molecular formula is C28H24Cl4N4O2S. The highest BCUT2D eigenvalue weighted by molar-refractivity contribution is 7.07. The molecule has 2 N–H and O–H groups in total. The summed E-state index contributed by atoms with van der Waals surface area (Å²) in [5.74, 6) is -1.24. The van der Waals surface area contributed by atoms with Crippen LogP contribution in [0.3, 0.4) is 0 Å². The van der Waals surface area contributed by atoms with Gasteiger partial charge in [0.25, 0.3) is 11.5 Å². The zero-order chi connectivity index (χ0) is 28.4. The van der Waals surface area contributed by atoms with Crippen LogP contribution >= 0.6 is 57.7 Å². The zero-order valence-electron chi connectivity index (χ0n) is 21.1. The maximum absolute atomic E-state index is 14.2. The molecular weight excluding hydrogens is 598 g/mol. The second-order valence-corrected chi connectivity index (χ2v) is 11.7. The number of nitrogens with zero attached hydrogens (tertiary/aromatic N) is 3. The molecule has 0 aliphatic carbocycles. The number of carbonyl (C=O) groups is 1. The van der Waals surface area contributed by atoms with Crippen molar-refractivity contribution in [2.24, 2.45) is 5.73 Å². The highest BCUT2D eigenvalue weighted by Crippen LogP contribution is 2.40. The molecule has 6 nitrogen and oxygen atoms in total. The van der Waals surface area contributed by atoms with Crippen molar-refractivity contribution >= 4 is 81.1 Å². The van der Waals surface area contributed by atoms with Crippen LogP contribution in [0.2, 0.25) is 20.1 Å². The van der Waals surface area contributed by atoms with E-state index in [-0.39, 0.29) is 27.9 Å². The van der Waals surface area contributed by atoms with E-state index in [0.717, 1.165) is 24.2 Å². The SMILES string of the molecule is CCCN(CCC)C(=O)C1=c2s/c(=C/c3ccc(Cl)cc3Cl)c(=O)n2C(N)=C(C#N)C1c1ccc(Cl)cc1Cl. The summed E-state index contributed by atoms with van der Waals surface area (Å²) >= 11 is 26.3. The average Bonchev–Trinajstić information content (AvgIpc) is 3.21. The Kier molecular flexibility index (Phi) is 9.15. The maximum Gasteiger partial charge on any atom is 0.274 e. The third-order valence-electron chi connectivity index (χ3n) is 6.30. The molecule has 0 spiro atoms. The van der Waals surface area contributed by atoms with Gasteiger partial charge < -0.3 is 10.6 Å². The quantitative estimate of drug-likeness (QED) is 0.372. The van der Waals surface area contributed by atoms with Crippen LogP contribution < -0.4 is 20.5 Å². The molecule has 3 aromatic rings. The van der Waals surface area contributed by atoms with Gasteiger partial charge in [0.15, 0.2) is 0 Å². The summed E-state index contributed by atoms with van der Waals surface area (Å²) in [6, 6.07) is 12.0. The number of halogens is 4. The van der Waals surface area contributed by atoms with E-state index >= 15 is 0 Å². The predicted molar refractivity (Wildman–Crippen MR) is 161 cm³/mol. The molecule has 11 heteroatoms. The number of thiazole rings is 1. The molecule has 39 heavy (non-hydrogen) atoms. The second kappa shape index (κ2) is 12.2. The normalized spacial score (nSPS) is 15.4. The molecule has 202 valence electrons. The van der Waals surface area contributed by atoms with Gasteiger partial charge in [0.2, 0.25) is 0 Å². The van der Waals surface area contributed by atoms with Crippen LogP contribution in [0.25, 0.3) is 17.5 Å². The van der Waals surface area contributed by atoms with Crippen LogP contribution in [0.5, 0.6) is 0 Å². The second-order valence-electron chi connectivity index (χ2n) is 8.94. The number of rotatable bonds is 7. The topological polar surface area (TPSA) is 92.1 Å². The number of aromatic nitrogens is 1. The lowest BCUT2D eigenvalue weighted by Gasteiger charge is -2.30. The molecule has 0 saturated carbocycles. The van der Waals surface area contributed by atoms with E-state index in [1.54, 1.807) is 47.4 Å². The molecule has 1 aliphatic rings. The van der Waals surface area contributed by atoms with E-state index in [0.29, 0.717) is 48.5 Å². The van der Waals surface area contributed by atoms with E-state index in [2.05, 4.69) is 6.07 Å². The maximum atomic E-state index is 14.2. The first kappa shape index (κ1) is 29.3. The van der Waals surface area contributed by atoms with E-state index < -0.39 is 11.5 Å². The molecule has 0 fully saturated rings. The van der Waals surface area contributed by atoms with Crippen molar-refractivity contribution in [2.75, 3.05) is 13.1 Å². The first-order valence-electron chi connectivity index (χ1n) is 12.2. The number of carbonyl (C=O) groups excluding carboxylic acids is 1. The highest BCUT2D eigenvalue weighted by atomic mass is 35.5. The van der Waals surface area contributed by atoms with Crippen molar-refractivity contribution in [1.82, 2.24) is 9.47 Å². The molecule has 2 heterocycles. The van der Waals surface area contributed by atoms with Crippen LogP contribution in [-0.4, -0.2) is 28.5 Å². The van der Waals surface area contributed by atoms with Gasteiger partial charge in [-0.25, -0.2) is 0 Å². The Labute approximate surface area is 249 Å². The lowest BCUT2D eigenvalue weighted by atomic mass is 9.83. The van der Waals surface area contributed by atoms with Gasteiger partial charge in [-0.15, -0.1) is 11.3 Å². The van der Waals surface area contributed by atoms with Crippen molar-refractivity contribution in [1.29, 1.82) is 5.26 Å². The number of nitrogens with two attached hydrogens (primary N) is 1. The average molecular weight is 622 g/mol. The zero-order valence-corrected chi connectivity index (χ0v) is 24.9. The first-order valence-corrected chi connectivity index (χ1v) is 14.5. The van der Waals surface area contributed by atoms with Crippen molar-refractivity contribution < 1.29 is 4.79 Å². The molecule has 0 radical (unpaired) electrons. The fourth-order valence-corrected chi connectivity index (χ4v) is 6.73. The van der Waals surface area contributed by atoms with Crippen molar-refractivity contribution in [3.8, 4) is 6.07 Å². The molecule has 0 bridgehead atoms. The van der Waals surface area contributed by atoms with Gasteiger partial charge in [0.1, 0.15) is 10.5 Å². The summed E-state index contributed by atoms with van der Waals surface area (Å²) in [5.41, 5.74) is 7.40. The van der Waals surface area contributed by atoms with E-state index in [9.17, 15) is 14.9 Å². The van der Waals surface area contributed by atoms with Gasteiger partial charge in [0.05, 0.1) is 27.7 Å². The highest BCUT2D eigenvalue weighted by Gasteiger charge is 2.38. The molecule has 1 unspecified atom stereocenters. The molecule has 1 atom stereocenters. The minimum atomic E-state index is -0.895. The van der Waals surface area contributed by atoms with E-state index in [4.69, 9.17) is 52.1 Å². The number of nitriles is 1. The first-order chi connectivity index (χ1) is 18.6. The van der Waals surface area contributed by atoms with Crippen LogP contribution in [0, 0.1) is 11.3 Å². The molecule has 1 aliphatic heterocycles. The van der Waals surface area contributed by atoms with Gasteiger partial charge in [-0.1, -0.05) is 72.4 Å². The van der Waals surface area contributed by atoms with Crippen molar-refractivity contribution in [3.05, 3.63) is 92.7 Å². The summed E-state index contributed by atoms with van der Waals surface area (Å²) in [6.07, 6.45) is 3.10. The Morgan fingerprint density at radius 3 is 2.26 bits per heavy atom. The minimum Gasteiger partial charge on any atom is -0.384 e. The molecule has 2 aromatic carbocycles. The lowest BCUT2D eigenvalue weighted by Crippen LogP contribution is -2.43. The summed E-state index contributed by atoms with van der Waals surface area (Å²) in [7, 11) is 0. The van der Waals surface area contributed by atoms with E-state index in [1.807, 2.05) is 13.8 Å². The Hall–Kier alpha value is -2.73. The Bertz CT molecular complexity index is 1710. The van der Waals surface area contributed by atoms with Gasteiger partial charge in [-0.2, -0.15) is 5.26 Å². The predicted octanol–water partition coefficient (Wildman–Crippen LogP) is 5.60. The number of hydrogen-bond acceptors (Lipinski definition) is 5. The van der Waals surface area contributed by atoms with Crippen molar-refractivity contribution in [2.45, 2.75) is 32.6 Å². The molecule has 4 rings (SSSR count). The number of fused-ring (bicyclic) bond motifs is 1. The Morgan fingerprint density at radius 1 is 1.08 bits per heavy atom. The molecule has 1 amide bonds. The standard InChI is InChI=1S/C28H24Cl4N4O2S/c1-3-9-35(10-4-2)27(38)24-23(18-8-7-17(30)13-21(18)32)19(14-33)25(34)36-26(37)22(39-28(24)36)11-15-5-6-16(29)12-20(15)31/h5-8,11-13,23H,3-4,9-10,34H2,1-2H3/b22-11+. The monoisotopic (exact) mass is 620 g/mol. The minimum absolute atomic E-state index is 0.0546. The van der Waals surface area contributed by atoms with E-state index in [1.165, 1.54) is 4.57 Å². The van der Waals surface area contributed by atoms with Crippen molar-refractivity contribution in [3.63, 3.8) is 0 Å². The number of benzene rings is 2. The smallest absolute Gasteiger partial charge is 0.274 e. The van der Waals surface area contributed by atoms with Crippen LogP contribution in [0.4, 0.5) is 0 Å². The molecule has 1 aromatic heterocycles.